The van der Waals surface area contributed by atoms with E-state index in [0.29, 0.717) is 19.3 Å². The zero-order valence-electron chi connectivity index (χ0n) is 24.3. The minimum absolute atomic E-state index is 0.0319. The molecule has 0 aliphatic heterocycles. The summed E-state index contributed by atoms with van der Waals surface area (Å²) < 4.78 is 180. The van der Waals surface area contributed by atoms with Crippen molar-refractivity contribution < 1.29 is 61.8 Å². The molecule has 0 aliphatic rings. The lowest BCUT2D eigenvalue weighted by Crippen LogP contribution is -2.70. The smallest absolute Gasteiger partial charge is 0.378 e. The summed E-state index contributed by atoms with van der Waals surface area (Å²) in [6.45, 7) is 4.13. The number of unbranched alkanes of at least 4 members (excludes halogenated alkanes) is 13. The highest BCUT2D eigenvalue weighted by Crippen LogP contribution is 2.60. The third-order valence-corrected chi connectivity index (χ3v) is 7.26. The predicted octanol–water partition coefficient (Wildman–Crippen LogP) is 12.2. The van der Waals surface area contributed by atoms with Crippen LogP contribution in [0, 0.1) is 0 Å². The summed E-state index contributed by atoms with van der Waals surface area (Å²) in [6.07, 6.45) is 1.37. The molecule has 0 heterocycles. The molecule has 42 heavy (non-hydrogen) atoms. The summed E-state index contributed by atoms with van der Waals surface area (Å²) in [7, 11) is 0. The fraction of sp³-hybridized carbons (Fsp3) is 1.00. The first-order chi connectivity index (χ1) is 19.2. The molecule has 0 amide bonds. The Kier molecular flexibility index (Phi) is 17.7. The van der Waals surface area contributed by atoms with Gasteiger partial charge in [-0.1, -0.05) is 104 Å². The molecule has 0 aromatic rings. The van der Waals surface area contributed by atoms with E-state index in [4.69, 9.17) is 4.74 Å². The molecule has 0 aromatic carbocycles. The van der Waals surface area contributed by atoms with Gasteiger partial charge in [-0.2, -0.15) is 57.1 Å². The monoisotopic (exact) mass is 644 g/mol. The van der Waals surface area contributed by atoms with Crippen molar-refractivity contribution in [3.8, 4) is 0 Å². The molecule has 0 aromatic heterocycles. The van der Waals surface area contributed by atoms with Crippen LogP contribution in [0.5, 0.6) is 0 Å². The number of ether oxygens (including phenoxy) is 1. The molecule has 0 rings (SSSR count). The average Bonchev–Trinajstić information content (AvgIpc) is 2.88. The molecule has 0 saturated heterocycles. The van der Waals surface area contributed by atoms with E-state index in [1.165, 1.54) is 0 Å². The van der Waals surface area contributed by atoms with Gasteiger partial charge in [-0.05, 0) is 19.3 Å². The van der Waals surface area contributed by atoms with Gasteiger partial charge in [0, 0.05) is 13.0 Å². The number of halogens is 13. The van der Waals surface area contributed by atoms with Crippen LogP contribution in [-0.4, -0.2) is 48.5 Å². The first kappa shape index (κ1) is 41.0. The molecule has 0 saturated carbocycles. The highest BCUT2D eigenvalue weighted by atomic mass is 19.4. The highest BCUT2D eigenvalue weighted by Gasteiger charge is 2.90. The van der Waals surface area contributed by atoms with Gasteiger partial charge >= 0.3 is 35.8 Å². The first-order valence-corrected chi connectivity index (χ1v) is 14.8. The van der Waals surface area contributed by atoms with Crippen molar-refractivity contribution in [2.45, 2.75) is 171 Å². The topological polar surface area (TPSA) is 9.23 Å². The van der Waals surface area contributed by atoms with Crippen molar-refractivity contribution in [2.24, 2.45) is 0 Å². The Hall–Kier alpha value is -0.950. The Balaban J connectivity index is 5.35. The SMILES string of the molecule is CCCCCCCCCCOC(CCCCCCCCC)CCC(F)(F)C(F)(F)C(F)(F)C(F)(F)C(F)(F)C(F)(F)F. The van der Waals surface area contributed by atoms with Crippen LogP contribution in [0.25, 0.3) is 0 Å². The minimum Gasteiger partial charge on any atom is -0.378 e. The Labute approximate surface area is 240 Å². The van der Waals surface area contributed by atoms with E-state index in [1.807, 2.05) is 6.92 Å². The van der Waals surface area contributed by atoms with E-state index in [2.05, 4.69) is 6.92 Å². The largest absolute Gasteiger partial charge is 0.460 e. The summed E-state index contributed by atoms with van der Waals surface area (Å²) in [5.74, 6) is -36.6. The molecule has 254 valence electrons. The minimum atomic E-state index is -7.87. The molecule has 0 fully saturated rings. The zero-order chi connectivity index (χ0) is 32.7. The highest BCUT2D eigenvalue weighted by molar-refractivity contribution is 5.10. The van der Waals surface area contributed by atoms with Crippen LogP contribution >= 0.6 is 0 Å². The predicted molar refractivity (Wildman–Crippen MR) is 135 cm³/mol. The molecule has 0 bridgehead atoms. The summed E-state index contributed by atoms with van der Waals surface area (Å²) in [6, 6.07) is 0. The van der Waals surface area contributed by atoms with E-state index in [1.54, 1.807) is 0 Å². The van der Waals surface area contributed by atoms with Crippen LogP contribution in [0.15, 0.2) is 0 Å². The average molecular weight is 645 g/mol. The van der Waals surface area contributed by atoms with E-state index >= 15 is 0 Å². The maximum atomic E-state index is 14.3. The van der Waals surface area contributed by atoms with Crippen molar-refractivity contribution in [3.63, 3.8) is 0 Å². The van der Waals surface area contributed by atoms with Crippen LogP contribution in [0.2, 0.25) is 0 Å². The fourth-order valence-electron chi connectivity index (χ4n) is 4.43. The maximum Gasteiger partial charge on any atom is 0.460 e. The van der Waals surface area contributed by atoms with Crippen molar-refractivity contribution in [2.75, 3.05) is 6.61 Å². The van der Waals surface area contributed by atoms with Crippen LogP contribution < -0.4 is 0 Å². The molecular formula is C28H45F13O. The summed E-state index contributed by atoms with van der Waals surface area (Å²) in [5, 5.41) is 0. The quantitative estimate of drug-likeness (QED) is 0.0710. The molecule has 1 nitrogen and oxygen atoms in total. The molecule has 0 spiro atoms. The van der Waals surface area contributed by atoms with Crippen LogP contribution in [0.3, 0.4) is 0 Å². The lowest BCUT2D eigenvalue weighted by atomic mass is 9.91. The van der Waals surface area contributed by atoms with Gasteiger partial charge in [-0.25, -0.2) is 0 Å². The van der Waals surface area contributed by atoms with Crippen molar-refractivity contribution in [1.29, 1.82) is 0 Å². The van der Waals surface area contributed by atoms with Crippen molar-refractivity contribution in [1.82, 2.24) is 0 Å². The number of alkyl halides is 13. The molecule has 0 aliphatic carbocycles. The van der Waals surface area contributed by atoms with Gasteiger partial charge in [0.15, 0.2) is 0 Å². The lowest BCUT2D eigenvalue weighted by molar-refractivity contribution is -0.440. The van der Waals surface area contributed by atoms with Gasteiger partial charge in [-0.3, -0.25) is 0 Å². The molecule has 0 N–H and O–H groups in total. The van der Waals surface area contributed by atoms with Gasteiger partial charge in [0.25, 0.3) is 0 Å². The summed E-state index contributed by atoms with van der Waals surface area (Å²) in [5.41, 5.74) is 0. The molecule has 0 radical (unpaired) electrons. The Bertz CT molecular complexity index is 708. The van der Waals surface area contributed by atoms with Crippen LogP contribution in [0.1, 0.15) is 129 Å². The van der Waals surface area contributed by atoms with Crippen molar-refractivity contribution >= 4 is 0 Å². The third-order valence-electron chi connectivity index (χ3n) is 7.26. The van der Waals surface area contributed by atoms with E-state index in [-0.39, 0.29) is 13.0 Å². The normalized spacial score (nSPS) is 14.9. The van der Waals surface area contributed by atoms with E-state index in [0.717, 1.165) is 77.0 Å². The Morgan fingerprint density at radius 2 is 0.810 bits per heavy atom. The van der Waals surface area contributed by atoms with Crippen molar-refractivity contribution in [3.05, 3.63) is 0 Å². The molecular weight excluding hydrogens is 599 g/mol. The van der Waals surface area contributed by atoms with Gasteiger partial charge < -0.3 is 4.74 Å². The molecule has 14 heteroatoms. The fourth-order valence-corrected chi connectivity index (χ4v) is 4.43. The lowest BCUT2D eigenvalue weighted by Gasteiger charge is -2.40. The standard InChI is InChI=1S/C28H45F13O/c1-3-5-7-9-11-13-15-17-21-42-22(18-16-14-12-10-8-6-4-2)19-20-23(29,30)24(31,32)25(33,34)26(35,36)27(37,38)28(39,40)41/h22H,3-21H2,1-2H3. The van der Waals surface area contributed by atoms with Gasteiger partial charge in [0.2, 0.25) is 0 Å². The van der Waals surface area contributed by atoms with Gasteiger partial charge in [0.05, 0.1) is 6.10 Å². The summed E-state index contributed by atoms with van der Waals surface area (Å²) >= 11 is 0. The second-order valence-corrected chi connectivity index (χ2v) is 10.9. The Morgan fingerprint density at radius 1 is 0.429 bits per heavy atom. The number of rotatable bonds is 25. The molecule has 1 atom stereocenters. The Morgan fingerprint density at radius 3 is 1.24 bits per heavy atom. The number of hydrogen-bond acceptors (Lipinski definition) is 1. The maximum absolute atomic E-state index is 14.3. The van der Waals surface area contributed by atoms with Crippen LogP contribution in [0.4, 0.5) is 57.1 Å². The van der Waals surface area contributed by atoms with E-state index < -0.39 is 54.7 Å². The van der Waals surface area contributed by atoms with Gasteiger partial charge in [0.1, 0.15) is 0 Å². The van der Waals surface area contributed by atoms with E-state index in [9.17, 15) is 57.1 Å². The second-order valence-electron chi connectivity index (χ2n) is 10.9. The van der Waals surface area contributed by atoms with Gasteiger partial charge in [-0.15, -0.1) is 0 Å². The summed E-state index contributed by atoms with van der Waals surface area (Å²) in [4.78, 5) is 0. The second kappa shape index (κ2) is 18.1. The third kappa shape index (κ3) is 11.5. The number of hydrogen-bond donors (Lipinski definition) is 0. The van der Waals surface area contributed by atoms with Crippen LogP contribution in [-0.2, 0) is 4.74 Å². The first-order valence-electron chi connectivity index (χ1n) is 14.8. The molecule has 1 unspecified atom stereocenters. The zero-order valence-corrected chi connectivity index (χ0v) is 24.3.